The minimum absolute atomic E-state index is 0.0996. The molecule has 6 nitrogen and oxygen atoms in total. The summed E-state index contributed by atoms with van der Waals surface area (Å²) < 4.78 is 38.0. The summed E-state index contributed by atoms with van der Waals surface area (Å²) in [5.41, 5.74) is 5.78. The van der Waals surface area contributed by atoms with E-state index in [0.29, 0.717) is 11.5 Å². The average molecular weight is 348 g/mol. The maximum atomic E-state index is 12.3. The molecule has 1 aliphatic carbocycles. The summed E-state index contributed by atoms with van der Waals surface area (Å²) in [5.74, 6) is 1.94. The zero-order valence-corrected chi connectivity index (χ0v) is 14.1. The lowest BCUT2D eigenvalue weighted by atomic mass is 9.88. The molecular weight excluding hydrogens is 328 g/mol. The van der Waals surface area contributed by atoms with Gasteiger partial charge in [-0.3, -0.25) is 0 Å². The fourth-order valence-corrected chi connectivity index (χ4v) is 3.73. The second-order valence-electron chi connectivity index (χ2n) is 5.72. The molecule has 3 rings (SSSR count). The lowest BCUT2D eigenvalue weighted by molar-refractivity contribution is 0.321. The van der Waals surface area contributed by atoms with Gasteiger partial charge in [-0.2, -0.15) is 0 Å². The van der Waals surface area contributed by atoms with Crippen LogP contribution < -0.4 is 19.9 Å². The van der Waals surface area contributed by atoms with Gasteiger partial charge in [0, 0.05) is 12.1 Å². The summed E-state index contributed by atoms with van der Waals surface area (Å²) in [5, 5.41) is 0. The topological polar surface area (TPSA) is 90.6 Å². The molecule has 0 heterocycles. The van der Waals surface area contributed by atoms with Crippen LogP contribution in [0.15, 0.2) is 53.4 Å². The molecule has 7 heteroatoms. The molecule has 3 N–H and O–H groups in total. The highest BCUT2D eigenvalue weighted by Gasteiger charge is 2.31. The molecule has 0 aliphatic heterocycles. The van der Waals surface area contributed by atoms with Gasteiger partial charge in [0.1, 0.15) is 17.2 Å². The minimum atomic E-state index is -3.55. The fourth-order valence-electron chi connectivity index (χ4n) is 2.41. The first kappa shape index (κ1) is 16.8. The zero-order valence-electron chi connectivity index (χ0n) is 13.3. The Morgan fingerprint density at radius 3 is 1.96 bits per heavy atom. The highest BCUT2D eigenvalue weighted by Crippen LogP contribution is 2.25. The van der Waals surface area contributed by atoms with Crippen molar-refractivity contribution in [1.29, 1.82) is 0 Å². The van der Waals surface area contributed by atoms with Gasteiger partial charge in [0.15, 0.2) is 0 Å². The number of hydrogen-bond donors (Lipinski definition) is 2. The number of methoxy groups -OCH3 is 1. The zero-order chi connectivity index (χ0) is 17.2. The quantitative estimate of drug-likeness (QED) is 0.835. The van der Waals surface area contributed by atoms with Gasteiger partial charge in [-0.25, -0.2) is 13.1 Å². The molecular formula is C17H20N2O4S. The van der Waals surface area contributed by atoms with Crippen molar-refractivity contribution < 1.29 is 17.9 Å². The minimum Gasteiger partial charge on any atom is -0.497 e. The summed E-state index contributed by atoms with van der Waals surface area (Å²) in [7, 11) is -1.96. The van der Waals surface area contributed by atoms with E-state index in [-0.39, 0.29) is 17.0 Å². The Bertz CT molecular complexity index is 788. The number of nitrogens with one attached hydrogen (secondary N) is 1. The fraction of sp³-hybridized carbons (Fsp3) is 0.294. The Balaban J connectivity index is 1.68. The van der Waals surface area contributed by atoms with Crippen LogP contribution in [0.1, 0.15) is 12.8 Å². The predicted molar refractivity (Wildman–Crippen MR) is 90.8 cm³/mol. The normalized spacial score (nSPS) is 20.2. The van der Waals surface area contributed by atoms with Crippen molar-refractivity contribution in [3.05, 3.63) is 48.5 Å². The third-order valence-corrected chi connectivity index (χ3v) is 5.57. The molecule has 2 atom stereocenters. The van der Waals surface area contributed by atoms with Gasteiger partial charge >= 0.3 is 0 Å². The molecule has 0 radical (unpaired) electrons. The smallest absolute Gasteiger partial charge is 0.240 e. The van der Waals surface area contributed by atoms with E-state index in [0.717, 1.165) is 18.6 Å². The van der Waals surface area contributed by atoms with Crippen LogP contribution in [-0.4, -0.2) is 27.6 Å². The van der Waals surface area contributed by atoms with Gasteiger partial charge < -0.3 is 15.2 Å². The van der Waals surface area contributed by atoms with E-state index in [1.807, 2.05) is 0 Å². The standard InChI is InChI=1S/C17H20N2O4S/c1-22-12-2-4-13(5-3-12)23-14-6-8-15(9-7-14)24(20,21)19-17-11-10-16(17)18/h2-9,16-17,19H,10-11,18H2,1H3. The van der Waals surface area contributed by atoms with Crippen molar-refractivity contribution in [2.24, 2.45) is 5.73 Å². The number of hydrogen-bond acceptors (Lipinski definition) is 5. The van der Waals surface area contributed by atoms with Crippen LogP contribution in [0.2, 0.25) is 0 Å². The second kappa shape index (κ2) is 6.80. The van der Waals surface area contributed by atoms with E-state index in [9.17, 15) is 8.42 Å². The Morgan fingerprint density at radius 2 is 1.50 bits per heavy atom. The van der Waals surface area contributed by atoms with Crippen LogP contribution in [-0.2, 0) is 10.0 Å². The molecule has 128 valence electrons. The summed E-state index contributed by atoms with van der Waals surface area (Å²) >= 11 is 0. The Hall–Kier alpha value is -2.09. The molecule has 24 heavy (non-hydrogen) atoms. The lowest BCUT2D eigenvalue weighted by Crippen LogP contribution is -2.54. The molecule has 1 aliphatic rings. The van der Waals surface area contributed by atoms with Crippen LogP contribution in [0.3, 0.4) is 0 Å². The molecule has 0 amide bonds. The predicted octanol–water partition coefficient (Wildman–Crippen LogP) is 2.26. The molecule has 0 bridgehead atoms. The number of benzene rings is 2. The molecule has 0 aromatic heterocycles. The highest BCUT2D eigenvalue weighted by molar-refractivity contribution is 7.89. The molecule has 2 aromatic rings. The van der Waals surface area contributed by atoms with E-state index in [1.54, 1.807) is 43.5 Å². The summed E-state index contributed by atoms with van der Waals surface area (Å²) in [4.78, 5) is 0.198. The van der Waals surface area contributed by atoms with Crippen molar-refractivity contribution in [3.8, 4) is 17.2 Å². The highest BCUT2D eigenvalue weighted by atomic mass is 32.2. The molecule has 1 saturated carbocycles. The molecule has 0 saturated heterocycles. The van der Waals surface area contributed by atoms with Gasteiger partial charge in [0.25, 0.3) is 0 Å². The van der Waals surface area contributed by atoms with E-state index in [4.69, 9.17) is 15.2 Å². The van der Waals surface area contributed by atoms with E-state index >= 15 is 0 Å². The second-order valence-corrected chi connectivity index (χ2v) is 7.43. The van der Waals surface area contributed by atoms with Gasteiger partial charge in [-0.05, 0) is 61.4 Å². The molecule has 2 aromatic carbocycles. The van der Waals surface area contributed by atoms with Gasteiger partial charge in [-0.15, -0.1) is 0 Å². The van der Waals surface area contributed by atoms with Crippen molar-refractivity contribution >= 4 is 10.0 Å². The maximum absolute atomic E-state index is 12.3. The van der Waals surface area contributed by atoms with Crippen LogP contribution in [0.25, 0.3) is 0 Å². The lowest BCUT2D eigenvalue weighted by Gasteiger charge is -2.33. The molecule has 1 fully saturated rings. The third-order valence-electron chi connectivity index (χ3n) is 4.06. The van der Waals surface area contributed by atoms with Crippen molar-refractivity contribution in [2.45, 2.75) is 29.8 Å². The van der Waals surface area contributed by atoms with Crippen molar-refractivity contribution in [1.82, 2.24) is 4.72 Å². The Labute approximate surface area is 141 Å². The first-order valence-electron chi connectivity index (χ1n) is 7.68. The summed E-state index contributed by atoms with van der Waals surface area (Å²) in [6, 6.07) is 13.2. The van der Waals surface area contributed by atoms with Gasteiger partial charge in [0.2, 0.25) is 10.0 Å². The monoisotopic (exact) mass is 348 g/mol. The molecule has 0 spiro atoms. The van der Waals surface area contributed by atoms with E-state index in [2.05, 4.69) is 4.72 Å². The number of ether oxygens (including phenoxy) is 2. The third kappa shape index (κ3) is 3.69. The van der Waals surface area contributed by atoms with Crippen LogP contribution in [0, 0.1) is 0 Å². The van der Waals surface area contributed by atoms with Crippen molar-refractivity contribution in [2.75, 3.05) is 7.11 Å². The number of sulfonamides is 1. The average Bonchev–Trinajstić information content (AvgIpc) is 2.60. The largest absolute Gasteiger partial charge is 0.497 e. The van der Waals surface area contributed by atoms with Crippen LogP contribution in [0.5, 0.6) is 17.2 Å². The first-order chi connectivity index (χ1) is 11.5. The SMILES string of the molecule is COc1ccc(Oc2ccc(S(=O)(=O)NC3CCC3N)cc2)cc1. The van der Waals surface area contributed by atoms with E-state index < -0.39 is 10.0 Å². The first-order valence-corrected chi connectivity index (χ1v) is 9.16. The Kier molecular flexibility index (Phi) is 4.75. The van der Waals surface area contributed by atoms with Crippen LogP contribution in [0.4, 0.5) is 0 Å². The maximum Gasteiger partial charge on any atom is 0.240 e. The Morgan fingerprint density at radius 1 is 0.958 bits per heavy atom. The number of rotatable bonds is 6. The van der Waals surface area contributed by atoms with Crippen molar-refractivity contribution in [3.63, 3.8) is 0 Å². The summed E-state index contributed by atoms with van der Waals surface area (Å²) in [6.07, 6.45) is 1.63. The van der Waals surface area contributed by atoms with Gasteiger partial charge in [-0.1, -0.05) is 0 Å². The van der Waals surface area contributed by atoms with E-state index in [1.165, 1.54) is 12.1 Å². The number of nitrogens with two attached hydrogens (primary N) is 1. The van der Waals surface area contributed by atoms with Crippen LogP contribution >= 0.6 is 0 Å². The van der Waals surface area contributed by atoms with Gasteiger partial charge in [0.05, 0.1) is 12.0 Å². The molecule has 2 unspecified atom stereocenters. The summed E-state index contributed by atoms with van der Waals surface area (Å²) in [6.45, 7) is 0.